The molecule has 0 unspecified atom stereocenters. The van der Waals surface area contributed by atoms with Crippen molar-refractivity contribution in [2.24, 2.45) is 0 Å². The number of aromatic nitrogens is 1. The van der Waals surface area contributed by atoms with Gasteiger partial charge in [0, 0.05) is 22.8 Å². The summed E-state index contributed by atoms with van der Waals surface area (Å²) >= 11 is 5.42. The van der Waals surface area contributed by atoms with Gasteiger partial charge in [0.25, 0.3) is 15.5 Å². The fourth-order valence-electron chi connectivity index (χ4n) is 1.05. The Morgan fingerprint density at radius 1 is 1.47 bits per heavy atom. The van der Waals surface area contributed by atoms with Crippen molar-refractivity contribution in [3.63, 3.8) is 0 Å². The fourth-order valence-corrected chi connectivity index (χ4v) is 2.73. The highest BCUT2D eigenvalue weighted by Gasteiger charge is 2.26. The first kappa shape index (κ1) is 12.6. The van der Waals surface area contributed by atoms with Crippen LogP contribution in [0.15, 0.2) is 17.2 Å². The van der Waals surface area contributed by atoms with Crippen molar-refractivity contribution in [1.82, 2.24) is 4.98 Å². The van der Waals surface area contributed by atoms with E-state index in [-0.39, 0.29) is 11.4 Å². The van der Waals surface area contributed by atoms with Gasteiger partial charge in [0.05, 0.1) is 0 Å². The average Bonchev–Trinajstić information content (AvgIpc) is 2.15. The molecule has 0 aliphatic rings. The third-order valence-corrected chi connectivity index (χ3v) is 3.32. The van der Waals surface area contributed by atoms with Gasteiger partial charge in [0.1, 0.15) is 10.6 Å². The zero-order valence-electron chi connectivity index (χ0n) is 7.12. The van der Waals surface area contributed by atoms with Crippen molar-refractivity contribution < 1.29 is 17.2 Å². The van der Waals surface area contributed by atoms with E-state index in [2.05, 4.69) is 4.98 Å². The SMILES string of the molecule is O=S(=O)(Cl)c1c(CCl)ccnc1C(F)F. The number of nitrogens with zero attached hydrogens (tertiary/aromatic N) is 1. The molecule has 15 heavy (non-hydrogen) atoms. The standard InChI is InChI=1S/C7H5Cl2F2NO2S/c8-3-4-1-2-12-5(7(10)11)6(4)15(9,13)14/h1-2,7H,3H2. The van der Waals surface area contributed by atoms with Crippen LogP contribution in [0.4, 0.5) is 8.78 Å². The minimum absolute atomic E-state index is 0.0111. The van der Waals surface area contributed by atoms with Gasteiger partial charge in [0.15, 0.2) is 0 Å². The van der Waals surface area contributed by atoms with E-state index >= 15 is 0 Å². The summed E-state index contributed by atoms with van der Waals surface area (Å²) < 4.78 is 47.0. The molecule has 0 aliphatic heterocycles. The molecule has 0 radical (unpaired) electrons. The molecule has 0 N–H and O–H groups in total. The quantitative estimate of drug-likeness (QED) is 0.630. The second kappa shape index (κ2) is 4.59. The van der Waals surface area contributed by atoms with E-state index in [4.69, 9.17) is 22.3 Å². The minimum Gasteiger partial charge on any atom is -0.254 e. The second-order valence-corrected chi connectivity index (χ2v) is 5.33. The van der Waals surface area contributed by atoms with Gasteiger partial charge in [-0.1, -0.05) is 0 Å². The third-order valence-electron chi connectivity index (χ3n) is 1.61. The monoisotopic (exact) mass is 275 g/mol. The molecule has 0 aliphatic carbocycles. The van der Waals surface area contributed by atoms with Crippen LogP contribution in [0, 0.1) is 0 Å². The van der Waals surface area contributed by atoms with Crippen molar-refractivity contribution in [2.45, 2.75) is 17.2 Å². The molecule has 1 rings (SSSR count). The molecule has 0 amide bonds. The smallest absolute Gasteiger partial charge is 0.254 e. The fraction of sp³-hybridized carbons (Fsp3) is 0.286. The largest absolute Gasteiger partial charge is 0.281 e. The topological polar surface area (TPSA) is 47.0 Å². The summed E-state index contributed by atoms with van der Waals surface area (Å²) in [4.78, 5) is 2.58. The van der Waals surface area contributed by atoms with Crippen LogP contribution >= 0.6 is 22.3 Å². The molecule has 0 saturated heterocycles. The zero-order chi connectivity index (χ0) is 11.6. The maximum atomic E-state index is 12.4. The Hall–Kier alpha value is -0.460. The van der Waals surface area contributed by atoms with E-state index in [1.165, 1.54) is 6.07 Å². The summed E-state index contributed by atoms with van der Waals surface area (Å²) in [6, 6.07) is 1.23. The van der Waals surface area contributed by atoms with Crippen molar-refractivity contribution in [2.75, 3.05) is 0 Å². The molecule has 1 aromatic rings. The van der Waals surface area contributed by atoms with Gasteiger partial charge >= 0.3 is 0 Å². The lowest BCUT2D eigenvalue weighted by molar-refractivity contribution is 0.142. The van der Waals surface area contributed by atoms with Crippen LogP contribution in [0.2, 0.25) is 0 Å². The Morgan fingerprint density at radius 3 is 2.47 bits per heavy atom. The van der Waals surface area contributed by atoms with Crippen LogP contribution in [0.3, 0.4) is 0 Å². The summed E-state index contributed by atoms with van der Waals surface area (Å²) in [5, 5.41) is 0. The first-order valence-corrected chi connectivity index (χ1v) is 6.49. The number of pyridine rings is 1. The van der Waals surface area contributed by atoms with Gasteiger partial charge in [-0.25, -0.2) is 17.2 Å². The molecule has 0 bridgehead atoms. The minimum atomic E-state index is -4.28. The highest BCUT2D eigenvalue weighted by molar-refractivity contribution is 8.13. The first-order valence-electron chi connectivity index (χ1n) is 3.64. The molecule has 0 atom stereocenters. The van der Waals surface area contributed by atoms with Crippen molar-refractivity contribution in [3.8, 4) is 0 Å². The molecule has 0 spiro atoms. The normalized spacial score (nSPS) is 12.1. The van der Waals surface area contributed by atoms with E-state index < -0.39 is 26.1 Å². The molecule has 8 heteroatoms. The Morgan fingerprint density at radius 2 is 2.07 bits per heavy atom. The number of hydrogen-bond donors (Lipinski definition) is 0. The number of alkyl halides is 3. The predicted molar refractivity (Wildman–Crippen MR) is 51.8 cm³/mol. The van der Waals surface area contributed by atoms with Crippen molar-refractivity contribution >= 4 is 31.3 Å². The first-order chi connectivity index (χ1) is 6.88. The highest BCUT2D eigenvalue weighted by atomic mass is 35.7. The summed E-state index contributed by atoms with van der Waals surface area (Å²) in [5.74, 6) is -0.233. The average molecular weight is 276 g/mol. The Kier molecular flexibility index (Phi) is 3.86. The molecule has 0 saturated carbocycles. The third kappa shape index (κ3) is 2.76. The molecule has 1 aromatic heterocycles. The molecule has 1 heterocycles. The van der Waals surface area contributed by atoms with E-state index in [1.54, 1.807) is 0 Å². The number of halogens is 4. The van der Waals surface area contributed by atoms with E-state index in [0.717, 1.165) is 6.20 Å². The van der Waals surface area contributed by atoms with Crippen LogP contribution in [0.5, 0.6) is 0 Å². The molecule has 84 valence electrons. The van der Waals surface area contributed by atoms with Crippen molar-refractivity contribution in [1.29, 1.82) is 0 Å². The number of rotatable bonds is 3. The van der Waals surface area contributed by atoms with Crippen LogP contribution in [0.25, 0.3) is 0 Å². The van der Waals surface area contributed by atoms with Crippen LogP contribution in [-0.4, -0.2) is 13.4 Å². The maximum Gasteiger partial charge on any atom is 0.281 e. The van der Waals surface area contributed by atoms with Gasteiger partial charge in [-0.3, -0.25) is 4.98 Å². The Bertz CT molecular complexity index is 464. The Balaban J connectivity index is 3.55. The molecule has 0 aromatic carbocycles. The van der Waals surface area contributed by atoms with Crippen LogP contribution in [-0.2, 0) is 14.9 Å². The van der Waals surface area contributed by atoms with Crippen LogP contribution < -0.4 is 0 Å². The number of hydrogen-bond acceptors (Lipinski definition) is 3. The summed E-state index contributed by atoms with van der Waals surface area (Å²) in [7, 11) is 0.756. The summed E-state index contributed by atoms with van der Waals surface area (Å²) in [6.45, 7) is 0. The second-order valence-electron chi connectivity index (χ2n) is 2.56. The van der Waals surface area contributed by atoms with Crippen LogP contribution in [0.1, 0.15) is 17.7 Å². The van der Waals surface area contributed by atoms with Gasteiger partial charge in [-0.2, -0.15) is 0 Å². The molecule has 3 nitrogen and oxygen atoms in total. The van der Waals surface area contributed by atoms with Gasteiger partial charge in [0.2, 0.25) is 0 Å². The van der Waals surface area contributed by atoms with Gasteiger partial charge in [-0.15, -0.1) is 11.6 Å². The summed E-state index contributed by atoms with van der Waals surface area (Å²) in [6.07, 6.45) is -1.96. The molecular weight excluding hydrogens is 271 g/mol. The highest BCUT2D eigenvalue weighted by Crippen LogP contribution is 2.30. The van der Waals surface area contributed by atoms with Gasteiger partial charge < -0.3 is 0 Å². The Labute approximate surface area is 94.4 Å². The molecular formula is C7H5Cl2F2NO2S. The van der Waals surface area contributed by atoms with Crippen molar-refractivity contribution in [3.05, 3.63) is 23.5 Å². The van der Waals surface area contributed by atoms with E-state index in [9.17, 15) is 17.2 Å². The lowest BCUT2D eigenvalue weighted by atomic mass is 10.2. The van der Waals surface area contributed by atoms with Gasteiger partial charge in [-0.05, 0) is 11.6 Å². The van der Waals surface area contributed by atoms with E-state index in [0.29, 0.717) is 0 Å². The predicted octanol–water partition coefficient (Wildman–Crippen LogP) is 2.69. The van der Waals surface area contributed by atoms with E-state index in [1.807, 2.05) is 0 Å². The lowest BCUT2D eigenvalue weighted by Gasteiger charge is -2.08. The maximum absolute atomic E-state index is 12.4. The molecule has 0 fully saturated rings. The zero-order valence-corrected chi connectivity index (χ0v) is 9.45. The lowest BCUT2D eigenvalue weighted by Crippen LogP contribution is -2.05. The summed E-state index contributed by atoms with van der Waals surface area (Å²) in [5.41, 5.74) is -0.861.